The molecular formula is C11H19NO. The van der Waals surface area contributed by atoms with E-state index in [1.54, 1.807) is 0 Å². The van der Waals surface area contributed by atoms with Crippen LogP contribution in [0, 0.1) is 0 Å². The normalized spacial score (nSPS) is 13.2. The van der Waals surface area contributed by atoms with Crippen LogP contribution in [0.2, 0.25) is 0 Å². The number of aliphatic hydroxyl groups is 1. The van der Waals surface area contributed by atoms with Gasteiger partial charge in [0.15, 0.2) is 0 Å². The third kappa shape index (κ3) is 2.88. The Hall–Kier alpha value is -0.760. The van der Waals surface area contributed by atoms with Crippen molar-refractivity contribution >= 4 is 0 Å². The average Bonchev–Trinajstić information content (AvgIpc) is 2.53. The summed E-state index contributed by atoms with van der Waals surface area (Å²) in [5, 5.41) is 9.43. The second-order valence-electron chi connectivity index (χ2n) is 3.51. The smallest absolute Gasteiger partial charge is 0.0911 e. The third-order valence-electron chi connectivity index (χ3n) is 2.30. The zero-order valence-electron chi connectivity index (χ0n) is 8.53. The molecule has 1 atom stereocenters. The van der Waals surface area contributed by atoms with Gasteiger partial charge in [-0.1, -0.05) is 19.8 Å². The molecule has 74 valence electrons. The summed E-state index contributed by atoms with van der Waals surface area (Å²) >= 11 is 0. The maximum atomic E-state index is 9.43. The van der Waals surface area contributed by atoms with Gasteiger partial charge in [0.05, 0.1) is 6.10 Å². The number of unbranched alkanes of at least 4 members (excludes halogenated alkanes) is 2. The van der Waals surface area contributed by atoms with Crippen LogP contribution in [0.5, 0.6) is 0 Å². The van der Waals surface area contributed by atoms with Gasteiger partial charge in [0, 0.05) is 18.4 Å². The standard InChI is InChI=1S/C11H19NO/c1-3-4-5-8-12-9-6-7-11(12)10(2)13/h6-7,9-10,13H,3-5,8H2,1-2H3. The minimum absolute atomic E-state index is 0.350. The molecule has 0 bridgehead atoms. The van der Waals surface area contributed by atoms with Gasteiger partial charge in [-0.05, 0) is 25.5 Å². The van der Waals surface area contributed by atoms with Crippen LogP contribution >= 0.6 is 0 Å². The van der Waals surface area contributed by atoms with Crippen molar-refractivity contribution in [2.24, 2.45) is 0 Å². The summed E-state index contributed by atoms with van der Waals surface area (Å²) in [5.41, 5.74) is 1.02. The van der Waals surface area contributed by atoms with E-state index in [-0.39, 0.29) is 6.10 Å². The molecule has 1 aromatic rings. The van der Waals surface area contributed by atoms with Gasteiger partial charge in [-0.25, -0.2) is 0 Å². The molecule has 2 heteroatoms. The zero-order chi connectivity index (χ0) is 9.68. The van der Waals surface area contributed by atoms with Crippen molar-refractivity contribution < 1.29 is 5.11 Å². The molecule has 0 saturated heterocycles. The van der Waals surface area contributed by atoms with Crippen molar-refractivity contribution in [1.29, 1.82) is 0 Å². The molecule has 1 N–H and O–H groups in total. The number of rotatable bonds is 5. The molecule has 13 heavy (non-hydrogen) atoms. The fourth-order valence-corrected chi connectivity index (χ4v) is 1.54. The molecule has 0 aromatic carbocycles. The largest absolute Gasteiger partial charge is 0.387 e. The van der Waals surface area contributed by atoms with Crippen molar-refractivity contribution in [1.82, 2.24) is 4.57 Å². The average molecular weight is 181 g/mol. The van der Waals surface area contributed by atoms with Crippen molar-refractivity contribution in [2.45, 2.75) is 45.8 Å². The molecule has 0 amide bonds. The number of aromatic nitrogens is 1. The van der Waals surface area contributed by atoms with E-state index in [9.17, 15) is 5.11 Å². The van der Waals surface area contributed by atoms with Gasteiger partial charge in [0.2, 0.25) is 0 Å². The van der Waals surface area contributed by atoms with Gasteiger partial charge in [0.25, 0.3) is 0 Å². The minimum Gasteiger partial charge on any atom is -0.387 e. The molecule has 0 radical (unpaired) electrons. The Bertz CT molecular complexity index is 240. The van der Waals surface area contributed by atoms with E-state index in [4.69, 9.17) is 0 Å². The van der Waals surface area contributed by atoms with Crippen LogP contribution in [0.3, 0.4) is 0 Å². The highest BCUT2D eigenvalue weighted by Crippen LogP contribution is 2.13. The summed E-state index contributed by atoms with van der Waals surface area (Å²) in [6.07, 6.45) is 5.39. The molecule has 0 aliphatic rings. The zero-order valence-corrected chi connectivity index (χ0v) is 8.53. The highest BCUT2D eigenvalue weighted by atomic mass is 16.3. The molecule has 1 heterocycles. The fraction of sp³-hybridized carbons (Fsp3) is 0.636. The number of nitrogens with zero attached hydrogens (tertiary/aromatic N) is 1. The van der Waals surface area contributed by atoms with Gasteiger partial charge >= 0.3 is 0 Å². The Morgan fingerprint density at radius 2 is 2.23 bits per heavy atom. The second-order valence-corrected chi connectivity index (χ2v) is 3.51. The molecule has 0 saturated carbocycles. The maximum absolute atomic E-state index is 9.43. The molecule has 1 rings (SSSR count). The van der Waals surface area contributed by atoms with Crippen LogP contribution < -0.4 is 0 Å². The topological polar surface area (TPSA) is 25.2 Å². The van der Waals surface area contributed by atoms with E-state index in [1.165, 1.54) is 19.3 Å². The Morgan fingerprint density at radius 3 is 2.85 bits per heavy atom. The first-order valence-corrected chi connectivity index (χ1v) is 5.08. The monoisotopic (exact) mass is 181 g/mol. The molecule has 0 spiro atoms. The number of hydrogen-bond acceptors (Lipinski definition) is 1. The first-order chi connectivity index (χ1) is 6.25. The predicted molar refractivity (Wildman–Crippen MR) is 54.6 cm³/mol. The van der Waals surface area contributed by atoms with E-state index < -0.39 is 0 Å². The highest BCUT2D eigenvalue weighted by Gasteiger charge is 2.05. The summed E-state index contributed by atoms with van der Waals surface area (Å²) in [6.45, 7) is 5.04. The lowest BCUT2D eigenvalue weighted by Crippen LogP contribution is -2.04. The van der Waals surface area contributed by atoms with Crippen molar-refractivity contribution in [3.05, 3.63) is 24.0 Å². The van der Waals surface area contributed by atoms with Crippen LogP contribution in [0.4, 0.5) is 0 Å². The highest BCUT2D eigenvalue weighted by molar-refractivity contribution is 5.09. The van der Waals surface area contributed by atoms with Gasteiger partial charge < -0.3 is 9.67 Å². The summed E-state index contributed by atoms with van der Waals surface area (Å²) < 4.78 is 2.14. The Kier molecular flexibility index (Phi) is 4.03. The van der Waals surface area contributed by atoms with Gasteiger partial charge in [0.1, 0.15) is 0 Å². The van der Waals surface area contributed by atoms with E-state index in [1.807, 2.05) is 25.3 Å². The first-order valence-electron chi connectivity index (χ1n) is 5.08. The SMILES string of the molecule is CCCCCn1cccc1C(C)O. The minimum atomic E-state index is -0.350. The lowest BCUT2D eigenvalue weighted by molar-refractivity contribution is 0.188. The van der Waals surface area contributed by atoms with Crippen LogP contribution in [0.15, 0.2) is 18.3 Å². The molecule has 0 fully saturated rings. The summed E-state index contributed by atoms with van der Waals surface area (Å²) in [4.78, 5) is 0. The molecule has 1 aromatic heterocycles. The molecule has 0 aliphatic carbocycles. The van der Waals surface area contributed by atoms with Gasteiger partial charge in [-0.15, -0.1) is 0 Å². The van der Waals surface area contributed by atoms with Crippen LogP contribution in [-0.2, 0) is 6.54 Å². The lowest BCUT2D eigenvalue weighted by Gasteiger charge is -2.10. The van der Waals surface area contributed by atoms with E-state index in [0.717, 1.165) is 12.2 Å². The predicted octanol–water partition coefficient (Wildman–Crippen LogP) is 2.73. The van der Waals surface area contributed by atoms with Crippen molar-refractivity contribution in [2.75, 3.05) is 0 Å². The molecule has 1 unspecified atom stereocenters. The summed E-state index contributed by atoms with van der Waals surface area (Å²) in [5.74, 6) is 0. The fourth-order valence-electron chi connectivity index (χ4n) is 1.54. The van der Waals surface area contributed by atoms with Crippen LogP contribution in [-0.4, -0.2) is 9.67 Å². The third-order valence-corrected chi connectivity index (χ3v) is 2.30. The summed E-state index contributed by atoms with van der Waals surface area (Å²) in [7, 11) is 0. The van der Waals surface area contributed by atoms with E-state index >= 15 is 0 Å². The Labute approximate surface area is 80.2 Å². The molecule has 2 nitrogen and oxygen atoms in total. The van der Waals surface area contributed by atoms with Crippen molar-refractivity contribution in [3.8, 4) is 0 Å². The molecule has 0 aliphatic heterocycles. The first kappa shape index (κ1) is 10.3. The maximum Gasteiger partial charge on any atom is 0.0911 e. The molecular weight excluding hydrogens is 162 g/mol. The number of aryl methyl sites for hydroxylation is 1. The van der Waals surface area contributed by atoms with Gasteiger partial charge in [-0.2, -0.15) is 0 Å². The van der Waals surface area contributed by atoms with Gasteiger partial charge in [-0.3, -0.25) is 0 Å². The quantitative estimate of drug-likeness (QED) is 0.694. The number of aliphatic hydroxyl groups excluding tert-OH is 1. The Morgan fingerprint density at radius 1 is 1.46 bits per heavy atom. The van der Waals surface area contributed by atoms with Crippen molar-refractivity contribution in [3.63, 3.8) is 0 Å². The van der Waals surface area contributed by atoms with E-state index in [0.29, 0.717) is 0 Å². The van der Waals surface area contributed by atoms with Crippen LogP contribution in [0.25, 0.3) is 0 Å². The Balaban J connectivity index is 2.50. The number of hydrogen-bond donors (Lipinski definition) is 1. The summed E-state index contributed by atoms with van der Waals surface area (Å²) in [6, 6.07) is 3.98. The second kappa shape index (κ2) is 5.07. The van der Waals surface area contributed by atoms with Crippen LogP contribution in [0.1, 0.15) is 44.9 Å². The lowest BCUT2D eigenvalue weighted by atomic mass is 10.2. The van der Waals surface area contributed by atoms with E-state index in [2.05, 4.69) is 11.5 Å².